The number of hydrogen-bond acceptors (Lipinski definition) is 4. The van der Waals surface area contributed by atoms with Gasteiger partial charge >= 0.3 is 12.3 Å². The lowest BCUT2D eigenvalue weighted by Crippen LogP contribution is -2.47. The van der Waals surface area contributed by atoms with Gasteiger partial charge in [0.15, 0.2) is 0 Å². The summed E-state index contributed by atoms with van der Waals surface area (Å²) in [7, 11) is 0. The first-order valence-electron chi connectivity index (χ1n) is 7.95. The first-order chi connectivity index (χ1) is 11.5. The van der Waals surface area contributed by atoms with E-state index in [0.29, 0.717) is 25.1 Å². The summed E-state index contributed by atoms with van der Waals surface area (Å²) in [6.07, 6.45) is -4.03. The molecule has 2 rings (SSSR count). The maximum absolute atomic E-state index is 12.7. The minimum atomic E-state index is -4.41. The number of rotatable bonds is 2. The van der Waals surface area contributed by atoms with E-state index in [9.17, 15) is 22.8 Å². The third kappa shape index (κ3) is 5.11. The van der Waals surface area contributed by atoms with Gasteiger partial charge in [0.05, 0.1) is 5.56 Å². The predicted molar refractivity (Wildman–Crippen MR) is 86.2 cm³/mol. The van der Waals surface area contributed by atoms with Crippen LogP contribution < -0.4 is 10.2 Å². The molecule has 8 heteroatoms. The Labute approximate surface area is 144 Å². The number of nitrogens with one attached hydrogen (secondary N) is 1. The average Bonchev–Trinajstić information content (AvgIpc) is 2.93. The highest BCUT2D eigenvalue weighted by Gasteiger charge is 2.34. The Bertz CT molecular complexity index is 636. The number of carbonyl (C=O) groups excluding carboxylic acids is 2. The molecule has 1 N–H and O–H groups in total. The van der Waals surface area contributed by atoms with Crippen molar-refractivity contribution in [3.63, 3.8) is 0 Å². The van der Waals surface area contributed by atoms with Gasteiger partial charge in [-0.3, -0.25) is 10.1 Å². The molecular weight excluding hydrogens is 337 g/mol. The molecule has 0 spiro atoms. The zero-order chi connectivity index (χ0) is 18.8. The zero-order valence-corrected chi connectivity index (χ0v) is 14.3. The molecule has 0 saturated carbocycles. The van der Waals surface area contributed by atoms with E-state index in [4.69, 9.17) is 4.74 Å². The Balaban J connectivity index is 2.07. The van der Waals surface area contributed by atoms with Crippen molar-refractivity contribution in [2.24, 2.45) is 0 Å². The molecule has 0 radical (unpaired) electrons. The SMILES string of the molecule is CC(C)(C)OC(=O)NC(=O)[C@H]1CCCN1c1ccc(C(F)(F)F)cc1. The van der Waals surface area contributed by atoms with Crippen molar-refractivity contribution in [3.8, 4) is 0 Å². The molecule has 0 bridgehead atoms. The van der Waals surface area contributed by atoms with Gasteiger partial charge < -0.3 is 9.64 Å². The fraction of sp³-hybridized carbons (Fsp3) is 0.529. The maximum Gasteiger partial charge on any atom is 0.416 e. The standard InChI is InChI=1S/C17H21F3N2O3/c1-16(2,3)25-15(24)21-14(23)13-5-4-10-22(13)12-8-6-11(7-9-12)17(18,19)20/h6-9,13H,4-5,10H2,1-3H3,(H,21,23,24)/t13-/m1/s1. The lowest BCUT2D eigenvalue weighted by molar-refractivity contribution is -0.137. The van der Waals surface area contributed by atoms with Gasteiger partial charge in [0.25, 0.3) is 5.91 Å². The minimum absolute atomic E-state index is 0.509. The first-order valence-corrected chi connectivity index (χ1v) is 7.95. The number of imide groups is 1. The molecule has 138 valence electrons. The van der Waals surface area contributed by atoms with Crippen molar-refractivity contribution in [1.29, 1.82) is 0 Å². The second-order valence-electron chi connectivity index (χ2n) is 6.89. The van der Waals surface area contributed by atoms with Crippen molar-refractivity contribution < 1.29 is 27.5 Å². The molecule has 0 unspecified atom stereocenters. The number of hydrogen-bond donors (Lipinski definition) is 1. The highest BCUT2D eigenvalue weighted by molar-refractivity contribution is 5.97. The van der Waals surface area contributed by atoms with Crippen LogP contribution in [0.5, 0.6) is 0 Å². The summed E-state index contributed by atoms with van der Waals surface area (Å²) >= 11 is 0. The van der Waals surface area contributed by atoms with Gasteiger partial charge in [-0.15, -0.1) is 0 Å². The number of anilines is 1. The van der Waals surface area contributed by atoms with Crippen molar-refractivity contribution >= 4 is 17.7 Å². The van der Waals surface area contributed by atoms with Crippen LogP contribution in [0, 0.1) is 0 Å². The van der Waals surface area contributed by atoms with Crippen LogP contribution >= 0.6 is 0 Å². The van der Waals surface area contributed by atoms with Crippen LogP contribution in [0.2, 0.25) is 0 Å². The summed E-state index contributed by atoms with van der Waals surface area (Å²) in [5.74, 6) is -0.522. The van der Waals surface area contributed by atoms with Crippen molar-refractivity contribution in [2.75, 3.05) is 11.4 Å². The van der Waals surface area contributed by atoms with Gasteiger partial charge in [0, 0.05) is 12.2 Å². The van der Waals surface area contributed by atoms with E-state index in [-0.39, 0.29) is 0 Å². The van der Waals surface area contributed by atoms with Crippen LogP contribution in [0.1, 0.15) is 39.2 Å². The summed E-state index contributed by atoms with van der Waals surface area (Å²) < 4.78 is 43.0. The molecule has 5 nitrogen and oxygen atoms in total. The molecule has 1 saturated heterocycles. The summed E-state index contributed by atoms with van der Waals surface area (Å²) in [5, 5.41) is 2.19. The molecule has 1 aromatic rings. The van der Waals surface area contributed by atoms with Crippen molar-refractivity contribution in [1.82, 2.24) is 5.32 Å². The van der Waals surface area contributed by atoms with Crippen LogP contribution in [-0.4, -0.2) is 30.2 Å². The maximum atomic E-state index is 12.7. The molecule has 1 heterocycles. The topological polar surface area (TPSA) is 58.6 Å². The lowest BCUT2D eigenvalue weighted by Gasteiger charge is -2.26. The summed E-state index contributed by atoms with van der Waals surface area (Å²) in [4.78, 5) is 25.7. The smallest absolute Gasteiger partial charge is 0.416 e. The average molecular weight is 358 g/mol. The zero-order valence-electron chi connectivity index (χ0n) is 14.3. The Hall–Kier alpha value is -2.25. The van der Waals surface area contributed by atoms with Gasteiger partial charge in [-0.05, 0) is 57.9 Å². The summed E-state index contributed by atoms with van der Waals surface area (Å²) in [5.41, 5.74) is -0.965. The number of halogens is 3. The Morgan fingerprint density at radius 3 is 2.28 bits per heavy atom. The lowest BCUT2D eigenvalue weighted by atomic mass is 10.1. The Kier molecular flexibility index (Phi) is 5.29. The third-order valence-electron chi connectivity index (χ3n) is 3.71. The summed E-state index contributed by atoms with van der Waals surface area (Å²) in [6.45, 7) is 5.57. The predicted octanol–water partition coefficient (Wildman–Crippen LogP) is 3.73. The van der Waals surface area contributed by atoms with E-state index in [2.05, 4.69) is 5.32 Å². The molecule has 25 heavy (non-hydrogen) atoms. The number of alkyl carbamates (subject to hydrolysis) is 1. The van der Waals surface area contributed by atoms with E-state index in [1.807, 2.05) is 0 Å². The van der Waals surface area contributed by atoms with Crippen LogP contribution in [0.15, 0.2) is 24.3 Å². The fourth-order valence-electron chi connectivity index (χ4n) is 2.68. The van der Waals surface area contributed by atoms with Gasteiger partial charge in [0.2, 0.25) is 0 Å². The first kappa shape index (κ1) is 19.1. The number of ether oxygens (including phenoxy) is 1. The van der Waals surface area contributed by atoms with E-state index in [0.717, 1.165) is 12.1 Å². The molecule has 0 aromatic heterocycles. The van der Waals surface area contributed by atoms with E-state index < -0.39 is 35.4 Å². The van der Waals surface area contributed by atoms with Crippen molar-refractivity contribution in [2.45, 2.75) is 51.4 Å². The molecule has 1 fully saturated rings. The highest BCUT2D eigenvalue weighted by atomic mass is 19.4. The monoisotopic (exact) mass is 358 g/mol. The van der Waals surface area contributed by atoms with E-state index >= 15 is 0 Å². The van der Waals surface area contributed by atoms with Crippen LogP contribution in [0.4, 0.5) is 23.7 Å². The number of nitrogens with zero attached hydrogens (tertiary/aromatic N) is 1. The Morgan fingerprint density at radius 1 is 1.16 bits per heavy atom. The van der Waals surface area contributed by atoms with Gasteiger partial charge in [-0.25, -0.2) is 4.79 Å². The summed E-state index contributed by atoms with van der Waals surface area (Å²) in [6, 6.07) is 4.01. The van der Waals surface area contributed by atoms with Gasteiger partial charge in [-0.1, -0.05) is 0 Å². The van der Waals surface area contributed by atoms with Crippen molar-refractivity contribution in [3.05, 3.63) is 29.8 Å². The Morgan fingerprint density at radius 2 is 1.76 bits per heavy atom. The molecule has 0 aliphatic carbocycles. The molecule has 1 aliphatic heterocycles. The van der Waals surface area contributed by atoms with E-state index in [1.165, 1.54) is 12.1 Å². The molecule has 1 aliphatic rings. The largest absolute Gasteiger partial charge is 0.444 e. The number of benzene rings is 1. The molecule has 1 aromatic carbocycles. The number of alkyl halides is 3. The second-order valence-corrected chi connectivity index (χ2v) is 6.89. The molecule has 1 atom stereocenters. The molecule has 2 amide bonds. The van der Waals surface area contributed by atoms with Gasteiger partial charge in [-0.2, -0.15) is 13.2 Å². The molecular formula is C17H21F3N2O3. The van der Waals surface area contributed by atoms with Crippen LogP contribution in [-0.2, 0) is 15.7 Å². The fourth-order valence-corrected chi connectivity index (χ4v) is 2.68. The quantitative estimate of drug-likeness (QED) is 0.875. The minimum Gasteiger partial charge on any atom is -0.444 e. The van der Waals surface area contributed by atoms with E-state index in [1.54, 1.807) is 25.7 Å². The normalized spacial score (nSPS) is 18.2. The van der Waals surface area contributed by atoms with Gasteiger partial charge in [0.1, 0.15) is 11.6 Å². The second kappa shape index (κ2) is 6.93. The van der Waals surface area contributed by atoms with Crippen LogP contribution in [0.3, 0.4) is 0 Å². The number of carbonyl (C=O) groups is 2. The highest BCUT2D eigenvalue weighted by Crippen LogP contribution is 2.32. The van der Waals surface area contributed by atoms with Crippen LogP contribution in [0.25, 0.3) is 0 Å². The third-order valence-corrected chi connectivity index (χ3v) is 3.71. The number of amides is 2.